The van der Waals surface area contributed by atoms with Crippen molar-refractivity contribution in [2.75, 3.05) is 0 Å². The molecule has 2 unspecified atom stereocenters. The molecule has 0 aliphatic heterocycles. The van der Waals surface area contributed by atoms with Crippen molar-refractivity contribution in [2.24, 2.45) is 0 Å². The summed E-state index contributed by atoms with van der Waals surface area (Å²) in [7, 11) is 0. The van der Waals surface area contributed by atoms with Gasteiger partial charge in [0.05, 0.1) is 0 Å². The van der Waals surface area contributed by atoms with Crippen molar-refractivity contribution in [1.29, 1.82) is 5.26 Å². The number of rotatable bonds is 2. The number of hydrogen-bond acceptors (Lipinski definition) is 2. The van der Waals surface area contributed by atoms with Gasteiger partial charge in [0.1, 0.15) is 6.07 Å². The average molecular weight is 216 g/mol. The highest BCUT2D eigenvalue weighted by atomic mass is 35.5. The largest absolute Gasteiger partial charge is 0.304 e. The van der Waals surface area contributed by atoms with Crippen LogP contribution < -0.4 is 0 Å². The van der Waals surface area contributed by atoms with Crippen molar-refractivity contribution in [2.45, 2.75) is 4.21 Å². The van der Waals surface area contributed by atoms with Crippen molar-refractivity contribution >= 4 is 22.7 Å². The molecule has 1 aromatic carbocycles. The molecule has 68 valence electrons. The molecule has 0 aromatic heterocycles. The standard InChI is InChI=1S/C8H6ClNO2S/c9-8(6-10,13(11)12)7-4-2-1-3-5-7/h1-5H,(H,11,12). The van der Waals surface area contributed by atoms with Gasteiger partial charge in [-0.2, -0.15) is 5.26 Å². The van der Waals surface area contributed by atoms with Gasteiger partial charge in [-0.1, -0.05) is 41.9 Å². The summed E-state index contributed by atoms with van der Waals surface area (Å²) in [4.78, 5) is 0. The molecule has 13 heavy (non-hydrogen) atoms. The molecule has 3 nitrogen and oxygen atoms in total. The van der Waals surface area contributed by atoms with Gasteiger partial charge in [-0.3, -0.25) is 0 Å². The van der Waals surface area contributed by atoms with Crippen LogP contribution in [0.25, 0.3) is 0 Å². The molecule has 0 aliphatic rings. The van der Waals surface area contributed by atoms with Gasteiger partial charge in [-0.25, -0.2) is 4.21 Å². The van der Waals surface area contributed by atoms with Gasteiger partial charge in [-0.05, 0) is 0 Å². The molecule has 1 N–H and O–H groups in total. The number of nitrogens with zero attached hydrogens (tertiary/aromatic N) is 1. The summed E-state index contributed by atoms with van der Waals surface area (Å²) >= 11 is 3.26. The summed E-state index contributed by atoms with van der Waals surface area (Å²) < 4.78 is 17.8. The SMILES string of the molecule is N#CC(Cl)(c1ccccc1)S(=O)O. The van der Waals surface area contributed by atoms with E-state index in [1.165, 1.54) is 12.1 Å². The summed E-state index contributed by atoms with van der Waals surface area (Å²) in [6.07, 6.45) is 0. The summed E-state index contributed by atoms with van der Waals surface area (Å²) in [5.41, 5.74) is 0.319. The van der Waals surface area contributed by atoms with Gasteiger partial charge >= 0.3 is 0 Å². The van der Waals surface area contributed by atoms with Gasteiger partial charge in [0.2, 0.25) is 0 Å². The lowest BCUT2D eigenvalue weighted by Gasteiger charge is -2.13. The number of benzene rings is 1. The Morgan fingerprint density at radius 1 is 1.46 bits per heavy atom. The Morgan fingerprint density at radius 3 is 2.38 bits per heavy atom. The Bertz CT molecular complexity index is 362. The molecule has 0 fully saturated rings. The first-order chi connectivity index (χ1) is 6.11. The normalized spacial score (nSPS) is 17.0. The zero-order chi connectivity index (χ0) is 9.90. The average Bonchev–Trinajstić information content (AvgIpc) is 2.17. The quantitative estimate of drug-likeness (QED) is 0.605. The van der Waals surface area contributed by atoms with E-state index in [2.05, 4.69) is 0 Å². The third-order valence-electron chi connectivity index (χ3n) is 1.53. The maximum atomic E-state index is 10.8. The van der Waals surface area contributed by atoms with Gasteiger partial charge in [-0.15, -0.1) is 0 Å². The van der Waals surface area contributed by atoms with Crippen LogP contribution in [0.1, 0.15) is 5.56 Å². The lowest BCUT2D eigenvalue weighted by Crippen LogP contribution is -2.21. The Hall–Kier alpha value is -0.890. The monoisotopic (exact) mass is 215 g/mol. The number of halogens is 1. The van der Waals surface area contributed by atoms with Crippen molar-refractivity contribution in [3.05, 3.63) is 35.9 Å². The first-order valence-electron chi connectivity index (χ1n) is 3.38. The molecule has 0 bridgehead atoms. The van der Waals surface area contributed by atoms with Gasteiger partial charge in [0.25, 0.3) is 4.21 Å². The van der Waals surface area contributed by atoms with E-state index in [9.17, 15) is 4.21 Å². The lowest BCUT2D eigenvalue weighted by molar-refractivity contribution is 0.553. The van der Waals surface area contributed by atoms with Crippen LogP contribution in [0.15, 0.2) is 30.3 Å². The van der Waals surface area contributed by atoms with Crippen LogP contribution >= 0.6 is 11.6 Å². The van der Waals surface area contributed by atoms with Crippen molar-refractivity contribution in [3.8, 4) is 6.07 Å². The first kappa shape index (κ1) is 10.2. The van der Waals surface area contributed by atoms with Gasteiger partial charge < -0.3 is 4.55 Å². The second kappa shape index (κ2) is 3.88. The van der Waals surface area contributed by atoms with E-state index >= 15 is 0 Å². The molecule has 1 aromatic rings. The van der Waals surface area contributed by atoms with E-state index in [4.69, 9.17) is 21.4 Å². The number of hydrogen-bond donors (Lipinski definition) is 1. The van der Waals surface area contributed by atoms with E-state index in [1.807, 2.05) is 0 Å². The highest BCUT2D eigenvalue weighted by Crippen LogP contribution is 2.30. The minimum absolute atomic E-state index is 0.319. The van der Waals surface area contributed by atoms with E-state index < -0.39 is 15.3 Å². The van der Waals surface area contributed by atoms with Crippen LogP contribution in [0.5, 0.6) is 0 Å². The van der Waals surface area contributed by atoms with Crippen LogP contribution in [-0.4, -0.2) is 8.76 Å². The van der Waals surface area contributed by atoms with Crippen LogP contribution in [0.4, 0.5) is 0 Å². The third-order valence-corrected chi connectivity index (χ3v) is 3.04. The summed E-state index contributed by atoms with van der Waals surface area (Å²) in [5.74, 6) is 0. The smallest absolute Gasteiger partial charge is 0.254 e. The molecule has 0 saturated carbocycles. The van der Waals surface area contributed by atoms with E-state index in [0.717, 1.165) is 0 Å². The minimum Gasteiger partial charge on any atom is -0.304 e. The molecule has 0 heterocycles. The molecule has 2 atom stereocenters. The van der Waals surface area contributed by atoms with Crippen LogP contribution in [0.3, 0.4) is 0 Å². The Balaban J connectivity index is 3.21. The predicted octanol–water partition coefficient (Wildman–Crippen LogP) is 1.82. The molecule has 0 spiro atoms. The van der Waals surface area contributed by atoms with E-state index in [-0.39, 0.29) is 0 Å². The molecular formula is C8H6ClNO2S. The zero-order valence-electron chi connectivity index (χ0n) is 6.48. The third kappa shape index (κ3) is 1.89. The second-order valence-corrected chi connectivity index (χ2v) is 4.22. The predicted molar refractivity (Wildman–Crippen MR) is 50.4 cm³/mol. The first-order valence-corrected chi connectivity index (χ1v) is 4.86. The topological polar surface area (TPSA) is 61.1 Å². The molecule has 0 saturated heterocycles. The number of alkyl halides is 1. The Kier molecular flexibility index (Phi) is 3.04. The molecular weight excluding hydrogens is 210 g/mol. The summed E-state index contributed by atoms with van der Waals surface area (Å²) in [6, 6.07) is 9.71. The summed E-state index contributed by atoms with van der Waals surface area (Å²) in [5, 5.41) is 8.67. The van der Waals surface area contributed by atoms with E-state index in [1.54, 1.807) is 24.3 Å². The Labute approximate surface area is 83.2 Å². The van der Waals surface area contributed by atoms with Crippen molar-refractivity contribution in [1.82, 2.24) is 0 Å². The summed E-state index contributed by atoms with van der Waals surface area (Å²) in [6.45, 7) is 0. The minimum atomic E-state index is -2.42. The maximum absolute atomic E-state index is 10.8. The molecule has 0 amide bonds. The highest BCUT2D eigenvalue weighted by molar-refractivity contribution is 7.82. The number of nitriles is 1. The fourth-order valence-corrected chi connectivity index (χ4v) is 1.40. The molecule has 0 radical (unpaired) electrons. The molecule has 0 aliphatic carbocycles. The van der Waals surface area contributed by atoms with Gasteiger partial charge in [0, 0.05) is 5.56 Å². The maximum Gasteiger partial charge on any atom is 0.254 e. The Morgan fingerprint density at radius 2 is 2.00 bits per heavy atom. The van der Waals surface area contributed by atoms with Crippen LogP contribution in [0.2, 0.25) is 0 Å². The van der Waals surface area contributed by atoms with E-state index in [0.29, 0.717) is 5.56 Å². The lowest BCUT2D eigenvalue weighted by atomic mass is 10.1. The van der Waals surface area contributed by atoms with Crippen molar-refractivity contribution in [3.63, 3.8) is 0 Å². The van der Waals surface area contributed by atoms with Crippen molar-refractivity contribution < 1.29 is 8.76 Å². The fourth-order valence-electron chi connectivity index (χ4n) is 0.857. The fraction of sp³-hybridized carbons (Fsp3) is 0.125. The van der Waals surface area contributed by atoms with Crippen LogP contribution in [-0.2, 0) is 15.3 Å². The second-order valence-electron chi connectivity index (χ2n) is 2.32. The molecule has 5 heteroatoms. The van der Waals surface area contributed by atoms with Gasteiger partial charge in [0.15, 0.2) is 11.1 Å². The zero-order valence-corrected chi connectivity index (χ0v) is 8.05. The highest BCUT2D eigenvalue weighted by Gasteiger charge is 2.36. The molecule has 1 rings (SSSR count). The van der Waals surface area contributed by atoms with Crippen LogP contribution in [0, 0.1) is 11.3 Å².